The second-order valence-corrected chi connectivity index (χ2v) is 14.9. The van der Waals surface area contributed by atoms with Crippen molar-refractivity contribution in [3.05, 3.63) is 103 Å². The second kappa shape index (κ2) is 9.31. The van der Waals surface area contributed by atoms with Gasteiger partial charge in [-0.2, -0.15) is 0 Å². The summed E-state index contributed by atoms with van der Waals surface area (Å²) in [7, 11) is -3.18. The molecule has 0 spiro atoms. The molecule has 0 aromatic heterocycles. The molecule has 0 atom stereocenters. The summed E-state index contributed by atoms with van der Waals surface area (Å²) in [6.45, 7) is 0. The molecule has 5 heteroatoms. The Morgan fingerprint density at radius 2 is 1.08 bits per heavy atom. The SMILES string of the molecule is Nc1cccc(P(=O)(c2ccc(Oc3ccc(C45CC6CC(CC(C6)C4)C5)cc3)cc2)c2cccc(N)c2)c1. The fraction of sp³-hybridized carbons (Fsp3) is 0.294. The van der Waals surface area contributed by atoms with Gasteiger partial charge in [-0.25, -0.2) is 0 Å². The van der Waals surface area contributed by atoms with E-state index in [1.165, 1.54) is 44.1 Å². The van der Waals surface area contributed by atoms with Crippen molar-refractivity contribution in [1.82, 2.24) is 0 Å². The third-order valence-corrected chi connectivity index (χ3v) is 12.4. The summed E-state index contributed by atoms with van der Waals surface area (Å²) in [5, 5.41) is 2.08. The van der Waals surface area contributed by atoms with Crippen molar-refractivity contribution in [1.29, 1.82) is 0 Å². The van der Waals surface area contributed by atoms with E-state index in [9.17, 15) is 4.57 Å². The zero-order valence-electron chi connectivity index (χ0n) is 22.1. The minimum Gasteiger partial charge on any atom is -0.457 e. The highest BCUT2D eigenvalue weighted by molar-refractivity contribution is 7.85. The van der Waals surface area contributed by atoms with Crippen LogP contribution in [0, 0.1) is 17.8 Å². The summed E-state index contributed by atoms with van der Waals surface area (Å²) in [4.78, 5) is 0. The fourth-order valence-electron chi connectivity index (χ4n) is 8.09. The standard InChI is InChI=1S/C34H35N2O2P/c35-27-3-1-5-32(18-27)39(37,33-6-2-4-28(36)19-33)31-13-11-30(12-14-31)38-29-9-7-26(8-10-29)34-20-23-15-24(21-34)17-25(16-23)22-34/h1-14,18-19,23-25H,15-17,20-22,35-36H2. The van der Waals surface area contributed by atoms with Crippen LogP contribution in [0.3, 0.4) is 0 Å². The van der Waals surface area contributed by atoms with Gasteiger partial charge in [0.15, 0.2) is 7.14 Å². The number of hydrogen-bond donors (Lipinski definition) is 2. The zero-order valence-corrected chi connectivity index (χ0v) is 23.0. The topological polar surface area (TPSA) is 78.3 Å². The fourth-order valence-corrected chi connectivity index (χ4v) is 10.8. The van der Waals surface area contributed by atoms with Gasteiger partial charge in [-0.3, -0.25) is 0 Å². The van der Waals surface area contributed by atoms with Crippen molar-refractivity contribution in [2.24, 2.45) is 17.8 Å². The molecule has 0 radical (unpaired) electrons. The molecule has 4 bridgehead atoms. The van der Waals surface area contributed by atoms with Crippen LogP contribution in [0.1, 0.15) is 44.1 Å². The Morgan fingerprint density at radius 3 is 1.54 bits per heavy atom. The van der Waals surface area contributed by atoms with Crippen LogP contribution < -0.4 is 32.1 Å². The first-order valence-corrected chi connectivity index (χ1v) is 15.8. The molecule has 4 aromatic rings. The van der Waals surface area contributed by atoms with Crippen LogP contribution in [-0.4, -0.2) is 0 Å². The maximum atomic E-state index is 14.7. The Hall–Kier alpha value is -3.49. The molecule has 0 heterocycles. The molecule has 0 amide bonds. The van der Waals surface area contributed by atoms with Gasteiger partial charge in [-0.1, -0.05) is 36.4 Å². The van der Waals surface area contributed by atoms with E-state index in [1.807, 2.05) is 48.5 Å². The Morgan fingerprint density at radius 1 is 0.615 bits per heavy atom. The molecule has 4 fully saturated rings. The van der Waals surface area contributed by atoms with Crippen molar-refractivity contribution in [2.75, 3.05) is 11.5 Å². The van der Waals surface area contributed by atoms with E-state index in [1.54, 1.807) is 24.3 Å². The summed E-state index contributed by atoms with van der Waals surface area (Å²) in [5.74, 6) is 4.34. The van der Waals surface area contributed by atoms with E-state index < -0.39 is 7.14 Å². The molecule has 4 aliphatic carbocycles. The Labute approximate surface area is 230 Å². The van der Waals surface area contributed by atoms with Crippen LogP contribution in [0.4, 0.5) is 11.4 Å². The summed E-state index contributed by atoms with van der Waals surface area (Å²) in [6.07, 6.45) is 8.46. The summed E-state index contributed by atoms with van der Waals surface area (Å²) in [6, 6.07) is 31.0. The lowest BCUT2D eigenvalue weighted by molar-refractivity contribution is -0.00519. The van der Waals surface area contributed by atoms with Crippen molar-refractivity contribution in [2.45, 2.75) is 43.9 Å². The average molecular weight is 535 g/mol. The van der Waals surface area contributed by atoms with Gasteiger partial charge in [0.25, 0.3) is 0 Å². The molecule has 4 N–H and O–H groups in total. The van der Waals surface area contributed by atoms with E-state index in [2.05, 4.69) is 24.3 Å². The first kappa shape index (κ1) is 24.5. The normalized spacial score (nSPS) is 25.5. The lowest BCUT2D eigenvalue weighted by Crippen LogP contribution is -2.48. The number of benzene rings is 4. The smallest absolute Gasteiger partial charge is 0.171 e. The van der Waals surface area contributed by atoms with Crippen LogP contribution in [0.5, 0.6) is 11.5 Å². The van der Waals surface area contributed by atoms with Gasteiger partial charge in [-0.05, 0) is 128 Å². The third-order valence-electron chi connectivity index (χ3n) is 9.41. The largest absolute Gasteiger partial charge is 0.457 e. The Balaban J connectivity index is 1.15. The molecule has 39 heavy (non-hydrogen) atoms. The van der Waals surface area contributed by atoms with Gasteiger partial charge in [0, 0.05) is 27.3 Å². The lowest BCUT2D eigenvalue weighted by atomic mass is 9.48. The lowest BCUT2D eigenvalue weighted by Gasteiger charge is -2.57. The molecule has 0 saturated heterocycles. The average Bonchev–Trinajstić information content (AvgIpc) is 2.93. The van der Waals surface area contributed by atoms with Crippen LogP contribution in [-0.2, 0) is 9.98 Å². The van der Waals surface area contributed by atoms with E-state index in [4.69, 9.17) is 16.2 Å². The van der Waals surface area contributed by atoms with E-state index in [-0.39, 0.29) is 0 Å². The number of rotatable bonds is 6. The van der Waals surface area contributed by atoms with E-state index in [0.717, 1.165) is 23.5 Å². The van der Waals surface area contributed by atoms with Crippen molar-refractivity contribution in [3.63, 3.8) is 0 Å². The number of anilines is 2. The van der Waals surface area contributed by atoms with Crippen molar-refractivity contribution in [3.8, 4) is 11.5 Å². The maximum Gasteiger partial charge on any atom is 0.171 e. The number of ether oxygens (including phenoxy) is 1. The molecule has 198 valence electrons. The van der Waals surface area contributed by atoms with Crippen LogP contribution >= 0.6 is 7.14 Å². The zero-order chi connectivity index (χ0) is 26.6. The highest BCUT2D eigenvalue weighted by Crippen LogP contribution is 2.60. The predicted octanol–water partition coefficient (Wildman–Crippen LogP) is 6.75. The van der Waals surface area contributed by atoms with Crippen LogP contribution in [0.2, 0.25) is 0 Å². The molecule has 4 nitrogen and oxygen atoms in total. The minimum atomic E-state index is -3.18. The molecule has 8 rings (SSSR count). The Kier molecular flexibility index (Phi) is 5.86. The van der Waals surface area contributed by atoms with Crippen LogP contribution in [0.25, 0.3) is 0 Å². The van der Waals surface area contributed by atoms with Gasteiger partial charge < -0.3 is 20.8 Å². The number of nitrogen functional groups attached to an aromatic ring is 2. The Bertz CT molecular complexity index is 1480. The highest BCUT2D eigenvalue weighted by atomic mass is 31.2. The summed E-state index contributed by atoms with van der Waals surface area (Å²) < 4.78 is 21.0. The molecule has 4 aliphatic rings. The van der Waals surface area contributed by atoms with Crippen molar-refractivity contribution < 1.29 is 9.30 Å². The minimum absolute atomic E-state index is 0.387. The van der Waals surface area contributed by atoms with Gasteiger partial charge in [0.05, 0.1) is 0 Å². The van der Waals surface area contributed by atoms with E-state index >= 15 is 0 Å². The quantitative estimate of drug-likeness (QED) is 0.212. The second-order valence-electron chi connectivity index (χ2n) is 12.1. The summed E-state index contributed by atoms with van der Waals surface area (Å²) >= 11 is 0. The first-order valence-electron chi connectivity index (χ1n) is 14.1. The molecule has 4 saturated carbocycles. The molecular weight excluding hydrogens is 499 g/mol. The molecule has 4 aromatic carbocycles. The predicted molar refractivity (Wildman–Crippen MR) is 161 cm³/mol. The van der Waals surface area contributed by atoms with Crippen molar-refractivity contribution >= 4 is 34.4 Å². The molecular formula is C34H35N2O2P. The first-order chi connectivity index (χ1) is 18.9. The van der Waals surface area contributed by atoms with Crippen LogP contribution in [0.15, 0.2) is 97.1 Å². The van der Waals surface area contributed by atoms with Gasteiger partial charge in [0.2, 0.25) is 0 Å². The third kappa shape index (κ3) is 4.36. The van der Waals surface area contributed by atoms with Gasteiger partial charge >= 0.3 is 0 Å². The highest BCUT2D eigenvalue weighted by Gasteiger charge is 2.51. The number of hydrogen-bond acceptors (Lipinski definition) is 4. The molecule has 0 unspecified atom stereocenters. The van der Waals surface area contributed by atoms with Gasteiger partial charge in [0.1, 0.15) is 11.5 Å². The monoisotopic (exact) mass is 534 g/mol. The summed E-state index contributed by atoms with van der Waals surface area (Å²) in [5.41, 5.74) is 15.2. The number of nitrogens with two attached hydrogens (primary N) is 2. The maximum absolute atomic E-state index is 14.7. The molecule has 0 aliphatic heterocycles. The van der Waals surface area contributed by atoms with Gasteiger partial charge in [-0.15, -0.1) is 0 Å². The van der Waals surface area contributed by atoms with E-state index in [0.29, 0.717) is 38.5 Å².